The molecule has 1 aliphatic carbocycles. The highest BCUT2D eigenvalue weighted by Crippen LogP contribution is 2.44. The van der Waals surface area contributed by atoms with E-state index in [9.17, 15) is 9.59 Å². The fraction of sp³-hybridized carbons (Fsp3) is 0.375. The van der Waals surface area contributed by atoms with Crippen LogP contribution in [0.1, 0.15) is 66.0 Å². The van der Waals surface area contributed by atoms with Crippen molar-refractivity contribution in [3.8, 4) is 11.5 Å². The summed E-state index contributed by atoms with van der Waals surface area (Å²) in [6.07, 6.45) is 5.80. The topological polar surface area (TPSA) is 73.9 Å². The minimum Gasteiger partial charge on any atom is -0.493 e. The number of halogens is 2. The van der Waals surface area contributed by atoms with Gasteiger partial charge in [0.15, 0.2) is 11.5 Å². The number of methoxy groups -OCH3 is 1. The van der Waals surface area contributed by atoms with E-state index >= 15 is 0 Å². The molecule has 0 spiro atoms. The number of rotatable bonds is 9. The van der Waals surface area contributed by atoms with Crippen molar-refractivity contribution in [3.05, 3.63) is 79.7 Å². The fourth-order valence-corrected chi connectivity index (χ4v) is 6.71. The van der Waals surface area contributed by atoms with Crippen LogP contribution in [0.3, 0.4) is 0 Å². The first kappa shape index (κ1) is 30.9. The normalized spacial score (nSPS) is 15.0. The first-order valence-corrected chi connectivity index (χ1v) is 15.1. The van der Waals surface area contributed by atoms with E-state index in [1.165, 1.54) is 17.4 Å². The molecule has 1 unspecified atom stereocenters. The quantitative estimate of drug-likeness (QED) is 0.193. The molecule has 41 heavy (non-hydrogen) atoms. The zero-order valence-corrected chi connectivity index (χ0v) is 26.3. The van der Waals surface area contributed by atoms with Crippen molar-refractivity contribution in [3.63, 3.8) is 0 Å². The van der Waals surface area contributed by atoms with Crippen molar-refractivity contribution in [2.75, 3.05) is 19.0 Å². The molecule has 9 heteroatoms. The number of amides is 1. The van der Waals surface area contributed by atoms with E-state index in [1.54, 1.807) is 50.4 Å². The Morgan fingerprint density at radius 1 is 1.12 bits per heavy atom. The summed E-state index contributed by atoms with van der Waals surface area (Å²) in [5.74, 6) is 0.795. The van der Waals surface area contributed by atoms with Crippen LogP contribution in [0.5, 0.6) is 11.5 Å². The molecule has 1 aromatic heterocycles. The highest BCUT2D eigenvalue weighted by atomic mass is 35.5. The third kappa shape index (κ3) is 7.45. The van der Waals surface area contributed by atoms with Gasteiger partial charge in [-0.3, -0.25) is 4.79 Å². The largest absolute Gasteiger partial charge is 0.493 e. The van der Waals surface area contributed by atoms with E-state index in [0.717, 1.165) is 35.3 Å². The van der Waals surface area contributed by atoms with E-state index in [-0.39, 0.29) is 24.5 Å². The molecule has 0 saturated heterocycles. The Labute approximate surface area is 255 Å². The number of carbonyl (C=O) groups is 2. The Balaban J connectivity index is 1.49. The van der Waals surface area contributed by atoms with Gasteiger partial charge < -0.3 is 19.5 Å². The second kappa shape index (κ2) is 13.3. The van der Waals surface area contributed by atoms with Crippen LogP contribution in [0.25, 0.3) is 6.08 Å². The number of hydrogen-bond acceptors (Lipinski definition) is 6. The minimum atomic E-state index is -0.392. The molecule has 3 aromatic rings. The predicted octanol–water partition coefficient (Wildman–Crippen LogP) is 8.62. The lowest BCUT2D eigenvalue weighted by Gasteiger charge is -2.33. The second-order valence-electron chi connectivity index (χ2n) is 11.0. The van der Waals surface area contributed by atoms with Gasteiger partial charge in [0.05, 0.1) is 19.3 Å². The highest BCUT2D eigenvalue weighted by Gasteiger charge is 2.34. The zero-order chi connectivity index (χ0) is 29.7. The lowest BCUT2D eigenvalue weighted by Crippen LogP contribution is -2.26. The van der Waals surface area contributed by atoms with Gasteiger partial charge in [-0.05, 0) is 79.0 Å². The van der Waals surface area contributed by atoms with E-state index in [2.05, 4.69) is 26.1 Å². The number of ether oxygens (including phenoxy) is 3. The van der Waals surface area contributed by atoms with Crippen molar-refractivity contribution in [1.82, 2.24) is 0 Å². The molecule has 1 amide bonds. The predicted molar refractivity (Wildman–Crippen MR) is 167 cm³/mol. The average Bonchev–Trinajstić information content (AvgIpc) is 3.28. The molecule has 218 valence electrons. The number of nitrogens with one attached hydrogen (secondary N) is 1. The van der Waals surface area contributed by atoms with Gasteiger partial charge in [0, 0.05) is 26.6 Å². The van der Waals surface area contributed by atoms with Gasteiger partial charge in [-0.25, -0.2) is 4.79 Å². The smallest absolute Gasteiger partial charge is 0.341 e. The van der Waals surface area contributed by atoms with Crippen molar-refractivity contribution in [1.29, 1.82) is 0 Å². The van der Waals surface area contributed by atoms with Crippen LogP contribution in [0, 0.1) is 11.3 Å². The van der Waals surface area contributed by atoms with Crippen LogP contribution in [-0.2, 0) is 29.0 Å². The van der Waals surface area contributed by atoms with E-state index in [1.807, 2.05) is 6.07 Å². The number of fused-ring (bicyclic) bond motifs is 1. The van der Waals surface area contributed by atoms with Crippen LogP contribution in [0.15, 0.2) is 42.5 Å². The maximum Gasteiger partial charge on any atom is 0.341 e. The van der Waals surface area contributed by atoms with E-state index in [0.29, 0.717) is 43.6 Å². The van der Waals surface area contributed by atoms with E-state index < -0.39 is 5.97 Å². The highest BCUT2D eigenvalue weighted by molar-refractivity contribution is 7.17. The number of hydrogen-bond donors (Lipinski definition) is 1. The van der Waals surface area contributed by atoms with Gasteiger partial charge >= 0.3 is 5.97 Å². The van der Waals surface area contributed by atoms with Crippen LogP contribution >= 0.6 is 34.5 Å². The molecule has 1 N–H and O–H groups in total. The molecule has 1 atom stereocenters. The Kier molecular flexibility index (Phi) is 10.1. The third-order valence-electron chi connectivity index (χ3n) is 7.25. The van der Waals surface area contributed by atoms with Gasteiger partial charge in [-0.15, -0.1) is 11.3 Å². The van der Waals surface area contributed by atoms with Crippen LogP contribution in [0.4, 0.5) is 5.00 Å². The van der Waals surface area contributed by atoms with Crippen molar-refractivity contribution >= 4 is 57.5 Å². The molecular weight excluding hydrogens is 581 g/mol. The molecule has 1 aliphatic rings. The average molecular weight is 617 g/mol. The second-order valence-corrected chi connectivity index (χ2v) is 12.9. The Morgan fingerprint density at radius 3 is 2.51 bits per heavy atom. The zero-order valence-electron chi connectivity index (χ0n) is 23.9. The SMILES string of the molecule is CCOC(=O)c1c(NC(=O)/C=C/c2ccc(OCc3c(Cl)cccc3Cl)c(OC)c2)sc2c1CCC(C(C)(C)C)C2. The maximum absolute atomic E-state index is 13.0. The molecule has 6 nitrogen and oxygen atoms in total. The van der Waals surface area contributed by atoms with Crippen LogP contribution < -0.4 is 14.8 Å². The molecule has 4 rings (SSSR count). The minimum absolute atomic E-state index is 0.168. The summed E-state index contributed by atoms with van der Waals surface area (Å²) in [4.78, 5) is 27.0. The number of anilines is 1. The first-order chi connectivity index (χ1) is 19.5. The van der Waals surface area contributed by atoms with Gasteiger partial charge in [0.25, 0.3) is 0 Å². The number of esters is 1. The summed E-state index contributed by atoms with van der Waals surface area (Å²) in [6.45, 7) is 8.98. The number of benzene rings is 2. The number of carbonyl (C=O) groups excluding carboxylic acids is 2. The van der Waals surface area contributed by atoms with Gasteiger partial charge in [-0.1, -0.05) is 56.1 Å². The van der Waals surface area contributed by atoms with E-state index in [4.69, 9.17) is 37.4 Å². The van der Waals surface area contributed by atoms with Crippen molar-refractivity contribution in [2.24, 2.45) is 11.3 Å². The third-order valence-corrected chi connectivity index (χ3v) is 9.13. The molecule has 1 heterocycles. The summed E-state index contributed by atoms with van der Waals surface area (Å²) in [6, 6.07) is 10.6. The Hall–Kier alpha value is -3.00. The maximum atomic E-state index is 13.0. The van der Waals surface area contributed by atoms with Gasteiger partial charge in [-0.2, -0.15) is 0 Å². The molecule has 0 aliphatic heterocycles. The molecule has 0 bridgehead atoms. The summed E-state index contributed by atoms with van der Waals surface area (Å²) in [7, 11) is 1.55. The number of thiophene rings is 1. The molecule has 0 saturated carbocycles. The first-order valence-electron chi connectivity index (χ1n) is 13.6. The monoisotopic (exact) mass is 615 g/mol. The van der Waals surface area contributed by atoms with Gasteiger partial charge in [0.1, 0.15) is 11.6 Å². The fourth-order valence-electron chi connectivity index (χ4n) is 4.89. The summed E-state index contributed by atoms with van der Waals surface area (Å²) in [5, 5.41) is 4.51. The molecular formula is C32H35Cl2NO5S. The lowest BCUT2D eigenvalue weighted by atomic mass is 9.72. The molecule has 2 aromatic carbocycles. The Morgan fingerprint density at radius 2 is 1.85 bits per heavy atom. The Bertz CT molecular complexity index is 1440. The summed E-state index contributed by atoms with van der Waals surface area (Å²) in [5.41, 5.74) is 3.09. The van der Waals surface area contributed by atoms with Crippen LogP contribution in [0.2, 0.25) is 10.0 Å². The lowest BCUT2D eigenvalue weighted by molar-refractivity contribution is -0.111. The van der Waals surface area contributed by atoms with Crippen molar-refractivity contribution < 1.29 is 23.8 Å². The van der Waals surface area contributed by atoms with Crippen molar-refractivity contribution in [2.45, 2.75) is 53.6 Å². The molecule has 0 fully saturated rings. The standard InChI is InChI=1S/C32H35Cl2NO5S/c1-6-39-31(37)29-21-13-12-20(32(2,3)4)17-27(21)41-30(29)35-28(36)15-11-19-10-14-25(26(16-19)38-5)40-18-22-23(33)8-7-9-24(22)34/h7-11,14-16,20H,6,12-13,17-18H2,1-5H3,(H,35,36)/b15-11+. The van der Waals surface area contributed by atoms with Gasteiger partial charge in [0.2, 0.25) is 5.91 Å². The summed E-state index contributed by atoms with van der Waals surface area (Å²) >= 11 is 14.0. The summed E-state index contributed by atoms with van der Waals surface area (Å²) < 4.78 is 16.8. The van der Waals surface area contributed by atoms with Crippen LogP contribution in [-0.4, -0.2) is 25.6 Å². The molecule has 0 radical (unpaired) electrons.